The highest BCUT2D eigenvalue weighted by Crippen LogP contribution is 2.32. The van der Waals surface area contributed by atoms with Gasteiger partial charge in [-0.25, -0.2) is 0 Å². The quantitative estimate of drug-likeness (QED) is 0.404. The molecule has 138 valence electrons. The van der Waals surface area contributed by atoms with Crippen LogP contribution in [0.3, 0.4) is 0 Å². The van der Waals surface area contributed by atoms with Gasteiger partial charge < -0.3 is 14.2 Å². The van der Waals surface area contributed by atoms with E-state index in [0.717, 1.165) is 12.5 Å². The molecule has 0 N–H and O–H groups in total. The smallest absolute Gasteiger partial charge is 0.329 e. The number of allylic oxidation sites excluding steroid dienone is 3. The predicted octanol–water partition coefficient (Wildman–Crippen LogP) is 3.10. The zero-order chi connectivity index (χ0) is 19.1. The van der Waals surface area contributed by atoms with Gasteiger partial charge >= 0.3 is 5.97 Å². The first-order valence-corrected chi connectivity index (χ1v) is 8.52. The zero-order valence-electron chi connectivity index (χ0n) is 15.1. The lowest BCUT2D eigenvalue weighted by atomic mass is 9.96. The molecule has 1 atom stereocenters. The number of benzene rings is 1. The minimum Gasteiger partial charge on any atom is -0.490 e. The number of rotatable bonds is 8. The second-order valence-electron chi connectivity index (χ2n) is 5.70. The van der Waals surface area contributed by atoms with Crippen LogP contribution in [-0.2, 0) is 19.1 Å². The van der Waals surface area contributed by atoms with Gasteiger partial charge in [-0.3, -0.25) is 14.4 Å². The average Bonchev–Trinajstić information content (AvgIpc) is 2.58. The average molecular weight is 358 g/mol. The van der Waals surface area contributed by atoms with Crippen molar-refractivity contribution in [1.29, 1.82) is 0 Å². The van der Waals surface area contributed by atoms with Crippen LogP contribution < -0.4 is 9.47 Å². The monoisotopic (exact) mass is 358 g/mol. The highest BCUT2D eigenvalue weighted by atomic mass is 16.5. The van der Waals surface area contributed by atoms with Crippen LogP contribution in [0.1, 0.15) is 32.8 Å². The molecule has 6 nitrogen and oxygen atoms in total. The Kier molecular flexibility index (Phi) is 6.72. The van der Waals surface area contributed by atoms with Crippen LogP contribution in [0.15, 0.2) is 36.1 Å². The molecule has 1 aromatic carbocycles. The van der Waals surface area contributed by atoms with E-state index in [9.17, 15) is 14.4 Å². The van der Waals surface area contributed by atoms with Crippen LogP contribution in [0.4, 0.5) is 0 Å². The minimum atomic E-state index is -1.45. The number of ether oxygens (including phenoxy) is 3. The third kappa shape index (κ3) is 4.59. The maximum absolute atomic E-state index is 12.3. The fourth-order valence-electron chi connectivity index (χ4n) is 2.46. The van der Waals surface area contributed by atoms with E-state index in [1.54, 1.807) is 18.2 Å². The fourth-order valence-corrected chi connectivity index (χ4v) is 2.46. The lowest BCUT2D eigenvalue weighted by molar-refractivity contribution is -0.151. The Labute approximate surface area is 152 Å². The number of esters is 1. The Balaban J connectivity index is 2.26. The number of carbonyl (C=O) groups is 3. The first kappa shape index (κ1) is 19.4. The molecule has 0 radical (unpaired) electrons. The van der Waals surface area contributed by atoms with Crippen molar-refractivity contribution in [2.24, 2.45) is 5.92 Å². The lowest BCUT2D eigenvalue weighted by Gasteiger charge is -2.16. The SMILES string of the molecule is CCCOc1c(/C=C/C(=O)C2C(=O)C=C(C)OC2=O)cccc1OCC. The van der Waals surface area contributed by atoms with Crippen molar-refractivity contribution in [3.8, 4) is 11.5 Å². The van der Waals surface area contributed by atoms with Gasteiger partial charge in [-0.1, -0.05) is 19.1 Å². The first-order chi connectivity index (χ1) is 12.5. The summed E-state index contributed by atoms with van der Waals surface area (Å²) < 4.78 is 16.2. The molecule has 1 heterocycles. The number of ketones is 2. The summed E-state index contributed by atoms with van der Waals surface area (Å²) in [7, 11) is 0. The van der Waals surface area contributed by atoms with E-state index in [0.29, 0.717) is 30.3 Å². The van der Waals surface area contributed by atoms with Crippen LogP contribution >= 0.6 is 0 Å². The maximum Gasteiger partial charge on any atom is 0.329 e. The van der Waals surface area contributed by atoms with Crippen LogP contribution in [-0.4, -0.2) is 30.7 Å². The number of hydrogen-bond acceptors (Lipinski definition) is 6. The summed E-state index contributed by atoms with van der Waals surface area (Å²) in [5.41, 5.74) is 0.626. The molecule has 0 spiro atoms. The van der Waals surface area contributed by atoms with Crippen molar-refractivity contribution in [2.75, 3.05) is 13.2 Å². The van der Waals surface area contributed by atoms with Crippen LogP contribution in [0, 0.1) is 5.92 Å². The number of hydrogen-bond donors (Lipinski definition) is 0. The molecule has 0 saturated carbocycles. The van der Waals surface area contributed by atoms with Crippen molar-refractivity contribution in [3.63, 3.8) is 0 Å². The molecule has 0 aliphatic carbocycles. The van der Waals surface area contributed by atoms with E-state index in [-0.39, 0.29) is 5.76 Å². The van der Waals surface area contributed by atoms with Gasteiger partial charge in [-0.2, -0.15) is 0 Å². The molecule has 2 rings (SSSR count). The largest absolute Gasteiger partial charge is 0.490 e. The standard InChI is InChI=1S/C20H22O6/c1-4-11-25-19-14(7-6-8-17(19)24-5-2)9-10-15(21)18-16(22)12-13(3)26-20(18)23/h6-10,12,18H,4-5,11H2,1-3H3/b10-9+. The van der Waals surface area contributed by atoms with Gasteiger partial charge in [0.05, 0.1) is 13.2 Å². The second-order valence-corrected chi connectivity index (χ2v) is 5.70. The van der Waals surface area contributed by atoms with Crippen LogP contribution in [0.5, 0.6) is 11.5 Å². The topological polar surface area (TPSA) is 78.9 Å². The van der Waals surface area contributed by atoms with E-state index in [1.807, 2.05) is 13.8 Å². The molecule has 0 saturated heterocycles. The van der Waals surface area contributed by atoms with E-state index in [1.165, 1.54) is 19.1 Å². The molecular weight excluding hydrogens is 336 g/mol. The molecule has 0 bridgehead atoms. The van der Waals surface area contributed by atoms with Crippen molar-refractivity contribution < 1.29 is 28.6 Å². The van der Waals surface area contributed by atoms with Gasteiger partial charge in [0.2, 0.25) is 0 Å². The number of carbonyl (C=O) groups excluding carboxylic acids is 3. The van der Waals surface area contributed by atoms with Gasteiger partial charge in [0.1, 0.15) is 5.76 Å². The minimum absolute atomic E-state index is 0.188. The van der Waals surface area contributed by atoms with Crippen LogP contribution in [0.25, 0.3) is 6.08 Å². The third-order valence-corrected chi connectivity index (χ3v) is 3.60. The summed E-state index contributed by atoms with van der Waals surface area (Å²) in [5, 5.41) is 0. The molecule has 6 heteroatoms. The Morgan fingerprint density at radius 1 is 1.23 bits per heavy atom. The van der Waals surface area contributed by atoms with Crippen molar-refractivity contribution in [2.45, 2.75) is 27.2 Å². The summed E-state index contributed by atoms with van der Waals surface area (Å²) in [5.74, 6) is -2.23. The highest BCUT2D eigenvalue weighted by molar-refractivity contribution is 6.25. The predicted molar refractivity (Wildman–Crippen MR) is 95.8 cm³/mol. The fraction of sp³-hybridized carbons (Fsp3) is 0.350. The van der Waals surface area contributed by atoms with E-state index >= 15 is 0 Å². The molecule has 1 aromatic rings. The molecule has 26 heavy (non-hydrogen) atoms. The summed E-state index contributed by atoms with van der Waals surface area (Å²) in [6.07, 6.45) is 4.68. The first-order valence-electron chi connectivity index (χ1n) is 8.52. The van der Waals surface area contributed by atoms with Crippen molar-refractivity contribution in [3.05, 3.63) is 41.7 Å². The molecule has 0 fully saturated rings. The zero-order valence-corrected chi connectivity index (χ0v) is 15.1. The van der Waals surface area contributed by atoms with Crippen molar-refractivity contribution in [1.82, 2.24) is 0 Å². The van der Waals surface area contributed by atoms with E-state index in [4.69, 9.17) is 14.2 Å². The number of cyclic esters (lactones) is 1. The van der Waals surface area contributed by atoms with Crippen molar-refractivity contribution >= 4 is 23.6 Å². The number of para-hydroxylation sites is 1. The molecule has 0 aromatic heterocycles. The highest BCUT2D eigenvalue weighted by Gasteiger charge is 2.36. The molecule has 1 unspecified atom stereocenters. The Hall–Kier alpha value is -2.89. The maximum atomic E-state index is 12.3. The van der Waals surface area contributed by atoms with Gasteiger partial charge in [0.25, 0.3) is 0 Å². The summed E-state index contributed by atoms with van der Waals surface area (Å²) >= 11 is 0. The van der Waals surface area contributed by atoms with Gasteiger partial charge in [0, 0.05) is 11.6 Å². The Morgan fingerprint density at radius 3 is 2.65 bits per heavy atom. The van der Waals surface area contributed by atoms with E-state index in [2.05, 4.69) is 0 Å². The van der Waals surface area contributed by atoms with Crippen LogP contribution in [0.2, 0.25) is 0 Å². The normalized spacial score (nSPS) is 17.0. The van der Waals surface area contributed by atoms with Gasteiger partial charge in [-0.15, -0.1) is 0 Å². The summed E-state index contributed by atoms with van der Waals surface area (Å²) in [4.78, 5) is 36.1. The Bertz CT molecular complexity index is 760. The molecule has 1 aliphatic heterocycles. The summed E-state index contributed by atoms with van der Waals surface area (Å²) in [6.45, 7) is 6.31. The second kappa shape index (κ2) is 8.99. The van der Waals surface area contributed by atoms with Gasteiger partial charge in [-0.05, 0) is 38.5 Å². The lowest BCUT2D eigenvalue weighted by Crippen LogP contribution is -2.34. The molecular formula is C20H22O6. The summed E-state index contributed by atoms with van der Waals surface area (Å²) in [6, 6.07) is 5.33. The van der Waals surface area contributed by atoms with E-state index < -0.39 is 23.5 Å². The molecule has 0 amide bonds. The third-order valence-electron chi connectivity index (χ3n) is 3.60. The molecule has 1 aliphatic rings. The Morgan fingerprint density at radius 2 is 2.00 bits per heavy atom. The van der Waals surface area contributed by atoms with Gasteiger partial charge in [0.15, 0.2) is 29.0 Å².